The second-order valence-electron chi connectivity index (χ2n) is 6.11. The lowest BCUT2D eigenvalue weighted by atomic mass is 10.2. The molecule has 0 unspecified atom stereocenters. The minimum absolute atomic E-state index is 0.0594. The maximum absolute atomic E-state index is 13.0. The van der Waals surface area contributed by atoms with E-state index in [1.54, 1.807) is 30.8 Å². The molecule has 0 spiro atoms. The molecule has 0 atom stereocenters. The predicted molar refractivity (Wildman–Crippen MR) is 107 cm³/mol. The zero-order valence-electron chi connectivity index (χ0n) is 15.1. The first-order chi connectivity index (χ1) is 13.2. The van der Waals surface area contributed by atoms with Crippen molar-refractivity contribution in [3.63, 3.8) is 0 Å². The Morgan fingerprint density at radius 2 is 2.00 bits per heavy atom. The van der Waals surface area contributed by atoms with Gasteiger partial charge in [0.1, 0.15) is 9.88 Å². The molecule has 3 aromatic heterocycles. The molecular weight excluding hydrogens is 382 g/mol. The van der Waals surface area contributed by atoms with E-state index in [2.05, 4.69) is 19.9 Å². The van der Waals surface area contributed by atoms with Crippen molar-refractivity contribution in [3.05, 3.63) is 40.5 Å². The summed E-state index contributed by atoms with van der Waals surface area (Å²) in [7, 11) is 1.58. The summed E-state index contributed by atoms with van der Waals surface area (Å²) in [5.41, 5.74) is 0.800. The van der Waals surface area contributed by atoms with E-state index < -0.39 is 0 Å². The Bertz CT molecular complexity index is 933. The predicted octanol–water partition coefficient (Wildman–Crippen LogP) is 2.94. The van der Waals surface area contributed by atoms with Crippen LogP contribution in [-0.2, 0) is 0 Å². The molecule has 1 aliphatic rings. The van der Waals surface area contributed by atoms with Crippen molar-refractivity contribution < 1.29 is 9.53 Å². The highest BCUT2D eigenvalue weighted by Gasteiger charge is 2.26. The molecule has 3 aromatic rings. The van der Waals surface area contributed by atoms with Crippen LogP contribution in [0.5, 0.6) is 5.88 Å². The summed E-state index contributed by atoms with van der Waals surface area (Å²) in [6.45, 7) is 4.61. The van der Waals surface area contributed by atoms with Crippen molar-refractivity contribution in [2.24, 2.45) is 0 Å². The average molecular weight is 402 g/mol. The summed E-state index contributed by atoms with van der Waals surface area (Å²) in [5, 5.41) is 2.94. The molecule has 7 nitrogen and oxygen atoms in total. The van der Waals surface area contributed by atoms with Crippen molar-refractivity contribution in [3.8, 4) is 15.8 Å². The molecular formula is C18H19N5O2S2. The van der Waals surface area contributed by atoms with Crippen LogP contribution in [0.3, 0.4) is 0 Å². The summed E-state index contributed by atoms with van der Waals surface area (Å²) < 4.78 is 5.14. The van der Waals surface area contributed by atoms with Crippen LogP contribution in [0.4, 0.5) is 5.82 Å². The number of hydrogen-bond donors (Lipinski definition) is 0. The Morgan fingerprint density at radius 1 is 1.19 bits per heavy atom. The van der Waals surface area contributed by atoms with Crippen LogP contribution in [0.15, 0.2) is 29.9 Å². The lowest BCUT2D eigenvalue weighted by molar-refractivity contribution is 0.0750. The molecule has 9 heteroatoms. The Hall–Kier alpha value is -2.52. The quantitative estimate of drug-likeness (QED) is 0.669. The molecule has 0 bridgehead atoms. The SMILES string of the molecule is COc1cncc(N2CCN(C(=O)c3sc(-c4cccs4)nc3C)CC2)n1. The maximum atomic E-state index is 13.0. The van der Waals surface area contributed by atoms with Gasteiger partial charge in [-0.1, -0.05) is 6.07 Å². The number of aromatic nitrogens is 3. The van der Waals surface area contributed by atoms with E-state index in [4.69, 9.17) is 4.74 Å². The summed E-state index contributed by atoms with van der Waals surface area (Å²) in [4.78, 5) is 32.0. The zero-order chi connectivity index (χ0) is 18.8. The third-order valence-electron chi connectivity index (χ3n) is 4.42. The summed E-state index contributed by atoms with van der Waals surface area (Å²) >= 11 is 3.12. The van der Waals surface area contributed by atoms with Crippen molar-refractivity contribution in [1.82, 2.24) is 19.9 Å². The van der Waals surface area contributed by atoms with Gasteiger partial charge in [-0.2, -0.15) is 4.98 Å². The fourth-order valence-corrected chi connectivity index (χ4v) is 4.80. The molecule has 4 rings (SSSR count). The van der Waals surface area contributed by atoms with E-state index in [1.165, 1.54) is 11.3 Å². The van der Waals surface area contributed by atoms with Gasteiger partial charge in [-0.15, -0.1) is 22.7 Å². The van der Waals surface area contributed by atoms with Crippen molar-refractivity contribution >= 4 is 34.4 Å². The van der Waals surface area contributed by atoms with Gasteiger partial charge in [0.15, 0.2) is 5.82 Å². The topological polar surface area (TPSA) is 71.5 Å². The Kier molecular flexibility index (Phi) is 5.04. The standard InChI is InChI=1S/C18H19N5O2S2/c1-12-16(27-17(20-12)13-4-3-9-26-13)18(24)23-7-5-22(6-8-23)14-10-19-11-15(21-14)25-2/h3-4,9-11H,5-8H2,1-2H3. The number of carbonyl (C=O) groups is 1. The number of thiazole rings is 1. The van der Waals surface area contributed by atoms with Crippen molar-refractivity contribution in [1.29, 1.82) is 0 Å². The molecule has 4 heterocycles. The molecule has 1 fully saturated rings. The molecule has 0 aromatic carbocycles. The number of ether oxygens (including phenoxy) is 1. The number of nitrogens with zero attached hydrogens (tertiary/aromatic N) is 5. The van der Waals surface area contributed by atoms with E-state index in [-0.39, 0.29) is 5.91 Å². The van der Waals surface area contributed by atoms with Crippen LogP contribution in [0.2, 0.25) is 0 Å². The van der Waals surface area contributed by atoms with Crippen LogP contribution in [-0.4, -0.2) is 59.0 Å². The van der Waals surface area contributed by atoms with E-state index >= 15 is 0 Å². The molecule has 140 valence electrons. The Morgan fingerprint density at radius 3 is 2.70 bits per heavy atom. The molecule has 0 saturated carbocycles. The first-order valence-corrected chi connectivity index (χ1v) is 10.3. The van der Waals surface area contributed by atoms with Gasteiger partial charge >= 0.3 is 0 Å². The van der Waals surface area contributed by atoms with E-state index in [0.717, 1.165) is 26.3 Å². The highest BCUT2D eigenvalue weighted by molar-refractivity contribution is 7.22. The first kappa shape index (κ1) is 17.9. The van der Waals surface area contributed by atoms with E-state index in [1.807, 2.05) is 29.3 Å². The lowest BCUT2D eigenvalue weighted by Gasteiger charge is -2.35. The van der Waals surface area contributed by atoms with Crippen molar-refractivity contribution in [2.45, 2.75) is 6.92 Å². The fraction of sp³-hybridized carbons (Fsp3) is 0.333. The maximum Gasteiger partial charge on any atom is 0.265 e. The van der Waals surface area contributed by atoms with Gasteiger partial charge in [-0.3, -0.25) is 9.78 Å². The Balaban J connectivity index is 1.44. The number of rotatable bonds is 4. The highest BCUT2D eigenvalue weighted by Crippen LogP contribution is 2.32. The van der Waals surface area contributed by atoms with Crippen LogP contribution >= 0.6 is 22.7 Å². The molecule has 0 aliphatic carbocycles. The number of thiophene rings is 1. The van der Waals surface area contributed by atoms with Crippen LogP contribution < -0.4 is 9.64 Å². The number of hydrogen-bond acceptors (Lipinski definition) is 8. The molecule has 27 heavy (non-hydrogen) atoms. The molecule has 1 aliphatic heterocycles. The van der Waals surface area contributed by atoms with Gasteiger partial charge < -0.3 is 14.5 Å². The largest absolute Gasteiger partial charge is 0.480 e. The van der Waals surface area contributed by atoms with Gasteiger partial charge in [0.05, 0.1) is 30.1 Å². The number of amides is 1. The van der Waals surface area contributed by atoms with Gasteiger partial charge in [-0.05, 0) is 18.4 Å². The van der Waals surface area contributed by atoms with Crippen molar-refractivity contribution in [2.75, 3.05) is 38.2 Å². The smallest absolute Gasteiger partial charge is 0.265 e. The van der Waals surface area contributed by atoms with Gasteiger partial charge in [0, 0.05) is 26.2 Å². The number of aryl methyl sites for hydroxylation is 1. The molecule has 1 amide bonds. The van der Waals surface area contributed by atoms with Gasteiger partial charge in [0.2, 0.25) is 5.88 Å². The van der Waals surface area contributed by atoms with Crippen LogP contribution in [0, 0.1) is 6.92 Å². The average Bonchev–Trinajstić information content (AvgIpc) is 3.37. The fourth-order valence-electron chi connectivity index (χ4n) is 2.97. The second kappa shape index (κ2) is 7.61. The third kappa shape index (κ3) is 3.65. The lowest BCUT2D eigenvalue weighted by Crippen LogP contribution is -2.49. The molecule has 0 N–H and O–H groups in total. The van der Waals surface area contributed by atoms with Crippen LogP contribution in [0.25, 0.3) is 9.88 Å². The normalized spacial score (nSPS) is 14.4. The second-order valence-corrected chi connectivity index (χ2v) is 8.06. The Labute approximate surface area is 165 Å². The molecule has 0 radical (unpaired) electrons. The first-order valence-electron chi connectivity index (χ1n) is 8.57. The number of methoxy groups -OCH3 is 1. The number of piperazine rings is 1. The third-order valence-corrected chi connectivity index (χ3v) is 6.61. The minimum atomic E-state index is 0.0594. The van der Waals surface area contributed by atoms with E-state index in [9.17, 15) is 4.79 Å². The number of carbonyl (C=O) groups excluding carboxylic acids is 1. The van der Waals surface area contributed by atoms with Gasteiger partial charge in [-0.25, -0.2) is 4.98 Å². The number of anilines is 1. The zero-order valence-corrected chi connectivity index (χ0v) is 16.7. The van der Waals surface area contributed by atoms with Gasteiger partial charge in [0.25, 0.3) is 5.91 Å². The summed E-state index contributed by atoms with van der Waals surface area (Å²) in [6.07, 6.45) is 3.31. The minimum Gasteiger partial charge on any atom is -0.480 e. The summed E-state index contributed by atoms with van der Waals surface area (Å²) in [5.74, 6) is 1.33. The highest BCUT2D eigenvalue weighted by atomic mass is 32.1. The van der Waals surface area contributed by atoms with Crippen LogP contribution in [0.1, 0.15) is 15.4 Å². The summed E-state index contributed by atoms with van der Waals surface area (Å²) in [6, 6.07) is 4.03. The van der Waals surface area contributed by atoms with E-state index in [0.29, 0.717) is 32.1 Å². The molecule has 1 saturated heterocycles. The monoisotopic (exact) mass is 401 g/mol.